The molecule has 3 N–H and O–H groups in total. The number of nitrogens with zero attached hydrogens (tertiary/aromatic N) is 1. The van der Waals surface area contributed by atoms with Gasteiger partial charge in [-0.15, -0.1) is 0 Å². The fourth-order valence-corrected chi connectivity index (χ4v) is 5.28. The van der Waals surface area contributed by atoms with Gasteiger partial charge >= 0.3 is 0 Å². The van der Waals surface area contributed by atoms with Crippen LogP contribution in [0.15, 0.2) is 78.9 Å². The highest BCUT2D eigenvalue weighted by Crippen LogP contribution is 2.19. The summed E-state index contributed by atoms with van der Waals surface area (Å²) in [6.45, 7) is 2.62. The Balaban J connectivity index is 1.71. The van der Waals surface area contributed by atoms with E-state index >= 15 is 0 Å². The number of benzene rings is 3. The van der Waals surface area contributed by atoms with E-state index in [2.05, 4.69) is 10.6 Å². The Morgan fingerprint density at radius 1 is 1.00 bits per heavy atom. The first-order chi connectivity index (χ1) is 18.2. The number of amides is 1. The summed E-state index contributed by atoms with van der Waals surface area (Å²) >= 11 is 0. The number of anilines is 1. The molecule has 0 spiro atoms. The Kier molecular flexibility index (Phi) is 10.7. The van der Waals surface area contributed by atoms with E-state index in [1.807, 2.05) is 54.6 Å². The lowest BCUT2D eigenvalue weighted by atomic mass is 10.00. The number of nitrogens with one attached hydrogen (secondary N) is 2. The molecule has 0 fully saturated rings. The van der Waals surface area contributed by atoms with Crippen molar-refractivity contribution < 1.29 is 23.1 Å². The van der Waals surface area contributed by atoms with Gasteiger partial charge in [-0.05, 0) is 54.3 Å². The molecule has 0 aliphatic rings. The van der Waals surface area contributed by atoms with Crippen LogP contribution in [-0.2, 0) is 23.0 Å². The molecule has 0 unspecified atom stereocenters. The van der Waals surface area contributed by atoms with E-state index in [0.717, 1.165) is 16.9 Å². The zero-order valence-electron chi connectivity index (χ0n) is 22.1. The first-order valence-electron chi connectivity index (χ1n) is 12.7. The monoisotopic (exact) mass is 539 g/mol. The molecule has 0 heterocycles. The van der Waals surface area contributed by atoms with Gasteiger partial charge in [0.2, 0.25) is 10.0 Å². The van der Waals surface area contributed by atoms with E-state index in [1.165, 1.54) is 11.4 Å². The van der Waals surface area contributed by atoms with Crippen LogP contribution < -0.4 is 19.7 Å². The van der Waals surface area contributed by atoms with Gasteiger partial charge in [0.1, 0.15) is 5.75 Å². The Morgan fingerprint density at radius 3 is 2.37 bits per heavy atom. The van der Waals surface area contributed by atoms with Crippen LogP contribution in [-0.4, -0.2) is 58.0 Å². The molecular weight excluding hydrogens is 502 g/mol. The summed E-state index contributed by atoms with van der Waals surface area (Å²) in [4.78, 5) is 13.2. The van der Waals surface area contributed by atoms with Crippen LogP contribution in [0.25, 0.3) is 0 Å². The summed E-state index contributed by atoms with van der Waals surface area (Å²) in [6, 6.07) is 23.2. The average Bonchev–Trinajstić information content (AvgIpc) is 2.93. The predicted octanol–water partition coefficient (Wildman–Crippen LogP) is 3.36. The fraction of sp³-hybridized carbons (Fsp3) is 0.345. The quantitative estimate of drug-likeness (QED) is 0.290. The van der Waals surface area contributed by atoms with Crippen molar-refractivity contribution in [1.82, 2.24) is 10.6 Å². The summed E-state index contributed by atoms with van der Waals surface area (Å²) in [7, 11) is -0.371. The van der Waals surface area contributed by atoms with Gasteiger partial charge in [-0.2, -0.15) is 0 Å². The number of sulfonamides is 1. The van der Waals surface area contributed by atoms with Gasteiger partial charge < -0.3 is 20.5 Å². The van der Waals surface area contributed by atoms with Crippen molar-refractivity contribution in [2.24, 2.45) is 0 Å². The minimum atomic E-state index is -3.47. The normalized spacial score (nSPS) is 12.9. The van der Waals surface area contributed by atoms with E-state index in [4.69, 9.17) is 4.74 Å². The lowest BCUT2D eigenvalue weighted by molar-refractivity contribution is 0.0830. The van der Waals surface area contributed by atoms with E-state index < -0.39 is 22.2 Å². The molecule has 38 heavy (non-hydrogen) atoms. The first kappa shape index (κ1) is 29.2. The molecule has 0 saturated carbocycles. The number of aliphatic hydroxyl groups is 1. The summed E-state index contributed by atoms with van der Waals surface area (Å²) in [5.41, 5.74) is 2.75. The zero-order valence-corrected chi connectivity index (χ0v) is 22.9. The zero-order chi connectivity index (χ0) is 27.5. The third-order valence-electron chi connectivity index (χ3n) is 6.27. The first-order valence-corrected chi connectivity index (χ1v) is 14.3. The number of hydrogen-bond acceptors (Lipinski definition) is 6. The molecule has 0 aliphatic carbocycles. The fourth-order valence-electron chi connectivity index (χ4n) is 4.05. The van der Waals surface area contributed by atoms with Crippen molar-refractivity contribution in [2.75, 3.05) is 30.8 Å². The largest absolute Gasteiger partial charge is 0.497 e. The molecule has 8 nitrogen and oxygen atoms in total. The summed E-state index contributed by atoms with van der Waals surface area (Å²) in [5, 5.41) is 17.3. The minimum absolute atomic E-state index is 0.0226. The number of rotatable bonds is 14. The van der Waals surface area contributed by atoms with Crippen LogP contribution >= 0.6 is 0 Å². The number of aliphatic hydroxyl groups excluding tert-OH is 1. The van der Waals surface area contributed by atoms with Gasteiger partial charge in [-0.3, -0.25) is 9.10 Å². The molecule has 3 rings (SSSR count). The van der Waals surface area contributed by atoms with Gasteiger partial charge in [0.05, 0.1) is 30.7 Å². The summed E-state index contributed by atoms with van der Waals surface area (Å²) in [6.07, 6.45) is 0.0640. The van der Waals surface area contributed by atoms with Crippen LogP contribution in [0.4, 0.5) is 5.69 Å². The molecule has 3 aromatic rings. The number of carbonyl (C=O) groups excluding carboxylic acids is 1. The van der Waals surface area contributed by atoms with Gasteiger partial charge in [-0.1, -0.05) is 55.5 Å². The summed E-state index contributed by atoms with van der Waals surface area (Å²) < 4.78 is 31.4. The number of carbonyl (C=O) groups is 1. The maximum atomic E-state index is 13.2. The molecule has 0 bridgehead atoms. The molecule has 0 saturated heterocycles. The smallest absolute Gasteiger partial charge is 0.251 e. The van der Waals surface area contributed by atoms with Crippen LogP contribution in [0.1, 0.15) is 34.8 Å². The maximum absolute atomic E-state index is 13.2. The van der Waals surface area contributed by atoms with Crippen LogP contribution in [0.3, 0.4) is 0 Å². The third-order valence-corrected chi connectivity index (χ3v) is 8.24. The second-order valence-corrected chi connectivity index (χ2v) is 11.3. The third kappa shape index (κ3) is 8.31. The van der Waals surface area contributed by atoms with Crippen molar-refractivity contribution >= 4 is 21.6 Å². The van der Waals surface area contributed by atoms with Crippen LogP contribution in [0, 0.1) is 0 Å². The highest BCUT2D eigenvalue weighted by molar-refractivity contribution is 7.92. The average molecular weight is 540 g/mol. The Bertz CT molecular complexity index is 1270. The van der Waals surface area contributed by atoms with Crippen molar-refractivity contribution in [2.45, 2.75) is 38.5 Å². The molecule has 0 aromatic heterocycles. The van der Waals surface area contributed by atoms with Gasteiger partial charge in [0.25, 0.3) is 5.91 Å². The van der Waals surface area contributed by atoms with Crippen molar-refractivity contribution in [3.63, 3.8) is 0 Å². The molecule has 1 amide bonds. The second kappa shape index (κ2) is 13.9. The Hall–Kier alpha value is -3.40. The molecule has 0 radical (unpaired) electrons. The number of ether oxygens (including phenoxy) is 1. The van der Waals surface area contributed by atoms with Gasteiger partial charge in [0, 0.05) is 25.7 Å². The SMILES string of the molecule is CCCS(=O)(=O)N(C)c1cccc(C(=O)N[C@@H](Cc2ccccc2)[C@H](O)CNCc2ccc(OC)cc2)c1. The van der Waals surface area contributed by atoms with Crippen molar-refractivity contribution in [1.29, 1.82) is 0 Å². The van der Waals surface area contributed by atoms with E-state index in [-0.39, 0.29) is 18.2 Å². The molecule has 2 atom stereocenters. The summed E-state index contributed by atoms with van der Waals surface area (Å²) in [5.74, 6) is 0.412. The molecular formula is C29H37N3O5S. The lowest BCUT2D eigenvalue weighted by Gasteiger charge is -2.25. The molecule has 9 heteroatoms. The number of hydrogen-bond donors (Lipinski definition) is 3. The van der Waals surface area contributed by atoms with E-state index in [1.54, 1.807) is 38.3 Å². The highest BCUT2D eigenvalue weighted by Gasteiger charge is 2.23. The minimum Gasteiger partial charge on any atom is -0.497 e. The van der Waals surface area contributed by atoms with E-state index in [0.29, 0.717) is 30.6 Å². The van der Waals surface area contributed by atoms with Gasteiger partial charge in [0.15, 0.2) is 0 Å². The molecule has 0 aliphatic heterocycles. The molecule has 3 aromatic carbocycles. The van der Waals surface area contributed by atoms with Crippen molar-refractivity contribution in [3.8, 4) is 5.75 Å². The van der Waals surface area contributed by atoms with E-state index in [9.17, 15) is 18.3 Å². The standard InChI is InChI=1S/C29H37N3O5S/c1-4-17-38(35,36)32(2)25-12-8-11-24(19-25)29(34)31-27(18-22-9-6-5-7-10-22)28(33)21-30-20-23-13-15-26(37-3)16-14-23/h5-16,19,27-28,30,33H,4,17-18,20-21H2,1-3H3,(H,31,34)/t27-,28+/m0/s1. The Morgan fingerprint density at radius 2 is 1.71 bits per heavy atom. The van der Waals surface area contributed by atoms with Crippen LogP contribution in [0.2, 0.25) is 0 Å². The second-order valence-electron chi connectivity index (χ2n) is 9.15. The van der Waals surface area contributed by atoms with Gasteiger partial charge in [-0.25, -0.2) is 8.42 Å². The number of methoxy groups -OCH3 is 1. The van der Waals surface area contributed by atoms with Crippen molar-refractivity contribution in [3.05, 3.63) is 95.6 Å². The maximum Gasteiger partial charge on any atom is 0.251 e. The molecule has 204 valence electrons. The van der Waals surface area contributed by atoms with Crippen LogP contribution in [0.5, 0.6) is 5.75 Å². The topological polar surface area (TPSA) is 108 Å². The Labute approximate surface area is 225 Å². The lowest BCUT2D eigenvalue weighted by Crippen LogP contribution is -2.48. The highest BCUT2D eigenvalue weighted by atomic mass is 32.2. The predicted molar refractivity (Wildman–Crippen MR) is 151 cm³/mol.